The Kier molecular flexibility index (Phi) is 7.57. The third-order valence-corrected chi connectivity index (χ3v) is 8.39. The maximum atomic E-state index is 10.8. The zero-order valence-corrected chi connectivity index (χ0v) is 21.3. The molecule has 6 rings (SSSR count). The van der Waals surface area contributed by atoms with Gasteiger partial charge in [-0.3, -0.25) is 0 Å². The fourth-order valence-electron chi connectivity index (χ4n) is 6.39. The minimum absolute atomic E-state index is 0. The van der Waals surface area contributed by atoms with E-state index in [4.69, 9.17) is 4.74 Å². The number of quaternary nitrogens is 1. The van der Waals surface area contributed by atoms with Gasteiger partial charge in [-0.2, -0.15) is 5.26 Å². The monoisotopic (exact) mass is 516 g/mol. The summed E-state index contributed by atoms with van der Waals surface area (Å²) in [5, 5.41) is 10.8. The molecule has 0 N–H and O–H groups in total. The average Bonchev–Trinajstić information content (AvgIpc) is 2.90. The Hall–Kier alpha value is -2.45. The molecular weight excluding hydrogens is 484 g/mol. The van der Waals surface area contributed by atoms with E-state index in [1.54, 1.807) is 0 Å². The molecule has 3 aromatic carbocycles. The van der Waals surface area contributed by atoms with Crippen LogP contribution in [-0.4, -0.2) is 37.3 Å². The van der Waals surface area contributed by atoms with E-state index in [1.807, 2.05) is 18.2 Å². The highest BCUT2D eigenvalue weighted by Crippen LogP contribution is 2.58. The molecule has 0 atom stereocenters. The zero-order valence-electron chi connectivity index (χ0n) is 19.7. The van der Waals surface area contributed by atoms with Gasteiger partial charge in [0.25, 0.3) is 0 Å². The number of ether oxygens (including phenoxy) is 1. The van der Waals surface area contributed by atoms with Gasteiger partial charge in [0.2, 0.25) is 0 Å². The fraction of sp³-hybridized carbons (Fsp3) is 0.367. The molecule has 3 aliphatic heterocycles. The molecule has 3 aromatic rings. The number of halogens is 1. The Morgan fingerprint density at radius 2 is 1.24 bits per heavy atom. The molecule has 2 bridgehead atoms. The number of fused-ring (bicyclic) bond motifs is 3. The van der Waals surface area contributed by atoms with Crippen molar-refractivity contribution >= 4 is 0 Å². The molecule has 3 saturated heterocycles. The molecule has 0 spiro atoms. The highest BCUT2D eigenvalue weighted by atomic mass is 79.9. The van der Waals surface area contributed by atoms with E-state index in [2.05, 4.69) is 78.9 Å². The van der Waals surface area contributed by atoms with Crippen LogP contribution in [0.1, 0.15) is 36.0 Å². The lowest BCUT2D eigenvalue weighted by molar-refractivity contribution is -0.946. The molecular formula is C30H33BrN2O. The van der Waals surface area contributed by atoms with Gasteiger partial charge in [-0.1, -0.05) is 91.0 Å². The Balaban J connectivity index is 0.00000274. The van der Waals surface area contributed by atoms with Crippen molar-refractivity contribution < 1.29 is 26.2 Å². The van der Waals surface area contributed by atoms with E-state index in [0.29, 0.717) is 6.61 Å². The molecule has 3 nitrogen and oxygen atoms in total. The van der Waals surface area contributed by atoms with Crippen LogP contribution < -0.4 is 17.0 Å². The third-order valence-electron chi connectivity index (χ3n) is 8.39. The van der Waals surface area contributed by atoms with E-state index >= 15 is 0 Å². The number of nitrogens with zero attached hydrogens (tertiary/aromatic N) is 2. The Labute approximate surface area is 214 Å². The van der Waals surface area contributed by atoms with E-state index in [-0.39, 0.29) is 22.4 Å². The van der Waals surface area contributed by atoms with Crippen molar-refractivity contribution in [2.45, 2.75) is 31.3 Å². The highest BCUT2D eigenvalue weighted by molar-refractivity contribution is 5.49. The van der Waals surface area contributed by atoms with Crippen LogP contribution in [0.15, 0.2) is 91.0 Å². The van der Waals surface area contributed by atoms with Gasteiger partial charge in [0.1, 0.15) is 12.0 Å². The highest BCUT2D eigenvalue weighted by Gasteiger charge is 2.61. The Morgan fingerprint density at radius 1 is 0.765 bits per heavy atom. The van der Waals surface area contributed by atoms with Crippen LogP contribution in [0.4, 0.5) is 0 Å². The van der Waals surface area contributed by atoms with Crippen molar-refractivity contribution in [2.75, 3.05) is 32.8 Å². The van der Waals surface area contributed by atoms with Crippen LogP contribution in [0.2, 0.25) is 0 Å². The summed E-state index contributed by atoms with van der Waals surface area (Å²) >= 11 is 0. The third kappa shape index (κ3) is 4.33. The first-order chi connectivity index (χ1) is 16.2. The number of rotatable bonds is 8. The topological polar surface area (TPSA) is 33.0 Å². The summed E-state index contributed by atoms with van der Waals surface area (Å²) in [6, 6.07) is 34.4. The SMILES string of the molecule is N#CC(c1ccccc1)(c1ccccc1)C12CC[N+](CCOCc3ccccc3)(CC1)CC2.[Br-]. The van der Waals surface area contributed by atoms with Crippen molar-refractivity contribution in [1.82, 2.24) is 0 Å². The lowest BCUT2D eigenvalue weighted by Gasteiger charge is -2.59. The predicted octanol–water partition coefficient (Wildman–Crippen LogP) is 2.72. The second kappa shape index (κ2) is 10.4. The summed E-state index contributed by atoms with van der Waals surface area (Å²) in [6.07, 6.45) is 3.26. The summed E-state index contributed by atoms with van der Waals surface area (Å²) in [5.74, 6) is 0. The normalized spacial score (nSPS) is 23.6. The molecule has 0 radical (unpaired) electrons. The predicted molar refractivity (Wildman–Crippen MR) is 131 cm³/mol. The van der Waals surface area contributed by atoms with E-state index in [0.717, 1.165) is 67.7 Å². The van der Waals surface area contributed by atoms with Gasteiger partial charge in [-0.05, 0) is 16.7 Å². The molecule has 34 heavy (non-hydrogen) atoms. The van der Waals surface area contributed by atoms with Gasteiger partial charge in [0.15, 0.2) is 0 Å². The number of hydrogen-bond acceptors (Lipinski definition) is 2. The van der Waals surface area contributed by atoms with Crippen LogP contribution >= 0.6 is 0 Å². The first-order valence-corrected chi connectivity index (χ1v) is 12.2. The van der Waals surface area contributed by atoms with Crippen molar-refractivity contribution in [3.63, 3.8) is 0 Å². The van der Waals surface area contributed by atoms with E-state index in [1.165, 1.54) is 5.56 Å². The maximum Gasteiger partial charge on any atom is 0.113 e. The van der Waals surface area contributed by atoms with Gasteiger partial charge in [-0.15, -0.1) is 0 Å². The van der Waals surface area contributed by atoms with Crippen LogP contribution in [0.25, 0.3) is 0 Å². The van der Waals surface area contributed by atoms with Crippen LogP contribution in [0.5, 0.6) is 0 Å². The van der Waals surface area contributed by atoms with Crippen LogP contribution in [0.3, 0.4) is 0 Å². The van der Waals surface area contributed by atoms with Crippen molar-refractivity contribution in [3.8, 4) is 6.07 Å². The smallest absolute Gasteiger partial charge is 0.113 e. The summed E-state index contributed by atoms with van der Waals surface area (Å²) in [6.45, 7) is 5.96. The molecule has 0 aliphatic carbocycles. The molecule has 0 amide bonds. The minimum Gasteiger partial charge on any atom is -1.00 e. The molecule has 0 aromatic heterocycles. The maximum absolute atomic E-state index is 10.8. The minimum atomic E-state index is -0.601. The molecule has 4 heteroatoms. The first kappa shape index (κ1) is 24.7. The average molecular weight is 518 g/mol. The molecule has 176 valence electrons. The molecule has 0 unspecified atom stereocenters. The fourth-order valence-corrected chi connectivity index (χ4v) is 6.39. The number of hydrogen-bond donors (Lipinski definition) is 0. The van der Waals surface area contributed by atoms with Gasteiger partial charge in [0, 0.05) is 24.7 Å². The molecule has 3 aliphatic rings. The lowest BCUT2D eigenvalue weighted by atomic mass is 9.50. The molecule has 0 saturated carbocycles. The number of nitriles is 1. The largest absolute Gasteiger partial charge is 1.00 e. The van der Waals surface area contributed by atoms with Crippen LogP contribution in [-0.2, 0) is 16.8 Å². The second-order valence-corrected chi connectivity index (χ2v) is 9.90. The van der Waals surface area contributed by atoms with Gasteiger partial charge in [-0.25, -0.2) is 0 Å². The summed E-state index contributed by atoms with van der Waals surface area (Å²) in [5.41, 5.74) is 2.91. The molecule has 3 heterocycles. The second-order valence-electron chi connectivity index (χ2n) is 9.90. The zero-order chi connectivity index (χ0) is 22.6. The van der Waals surface area contributed by atoms with Crippen molar-refractivity contribution in [2.24, 2.45) is 5.41 Å². The van der Waals surface area contributed by atoms with Gasteiger partial charge in [0.05, 0.1) is 38.9 Å². The quantitative estimate of drug-likeness (QED) is 0.340. The van der Waals surface area contributed by atoms with Crippen LogP contribution in [0, 0.1) is 16.7 Å². The van der Waals surface area contributed by atoms with Gasteiger partial charge < -0.3 is 26.2 Å². The lowest BCUT2D eigenvalue weighted by Crippen LogP contribution is -3.00. The summed E-state index contributed by atoms with van der Waals surface area (Å²) < 4.78 is 7.19. The van der Waals surface area contributed by atoms with Gasteiger partial charge >= 0.3 is 0 Å². The first-order valence-electron chi connectivity index (χ1n) is 12.2. The Bertz CT molecular complexity index is 1030. The van der Waals surface area contributed by atoms with E-state index < -0.39 is 5.41 Å². The standard InChI is InChI=1S/C30H33N2O.BrH/c31-25-30(27-12-6-2-7-13-27,28-14-8-3-9-15-28)29-16-19-32(20-17-29,21-18-29)22-23-33-24-26-10-4-1-5-11-26;/h1-15H,16-24H2;1H/q+1;/p-1. The van der Waals surface area contributed by atoms with Crippen molar-refractivity contribution in [3.05, 3.63) is 108 Å². The summed E-state index contributed by atoms with van der Waals surface area (Å²) in [7, 11) is 0. The number of piperidine rings is 3. The molecule has 3 fully saturated rings. The Morgan fingerprint density at radius 3 is 1.71 bits per heavy atom. The van der Waals surface area contributed by atoms with Crippen molar-refractivity contribution in [1.29, 1.82) is 5.26 Å². The van der Waals surface area contributed by atoms with E-state index in [9.17, 15) is 5.26 Å². The number of benzene rings is 3. The summed E-state index contributed by atoms with van der Waals surface area (Å²) in [4.78, 5) is 0.